The Bertz CT molecular complexity index is 1260. The van der Waals surface area contributed by atoms with E-state index in [-0.39, 0.29) is 55.1 Å². The number of aliphatic hydroxyl groups is 2. The predicted octanol–water partition coefficient (Wildman–Crippen LogP) is 2.60. The fourth-order valence-corrected chi connectivity index (χ4v) is 8.13. The number of nitrogens with zero attached hydrogens (tertiary/aromatic N) is 1. The van der Waals surface area contributed by atoms with Crippen molar-refractivity contribution in [3.63, 3.8) is 0 Å². The number of ether oxygens (including phenoxy) is 1. The first-order chi connectivity index (χ1) is 19.0. The van der Waals surface area contributed by atoms with Crippen molar-refractivity contribution < 1.29 is 34.1 Å². The van der Waals surface area contributed by atoms with Crippen LogP contribution in [0.5, 0.6) is 0 Å². The maximum Gasteiger partial charge on any atom is 0.306 e. The first-order valence-corrected chi connectivity index (χ1v) is 14.2. The van der Waals surface area contributed by atoms with Gasteiger partial charge in [-0.05, 0) is 73.8 Å². The molecule has 4 aliphatic carbocycles. The average Bonchev–Trinajstić information content (AvgIpc) is 3.20. The van der Waals surface area contributed by atoms with Crippen molar-refractivity contribution in [1.82, 2.24) is 10.3 Å². The molecule has 1 aromatic heterocycles. The van der Waals surface area contributed by atoms with E-state index in [1.165, 1.54) is 0 Å². The number of allylic oxidation sites excluding steroid dienone is 4. The molecule has 1 aromatic rings. The molecule has 9 nitrogen and oxygen atoms in total. The van der Waals surface area contributed by atoms with Crippen LogP contribution < -0.4 is 5.32 Å². The fourth-order valence-electron chi connectivity index (χ4n) is 8.13. The Hall–Kier alpha value is -3.17. The van der Waals surface area contributed by atoms with Crippen LogP contribution in [-0.2, 0) is 30.5 Å². The van der Waals surface area contributed by atoms with E-state index >= 15 is 0 Å². The van der Waals surface area contributed by atoms with Crippen molar-refractivity contribution >= 4 is 23.4 Å². The van der Waals surface area contributed by atoms with E-state index in [9.17, 15) is 29.4 Å². The number of esters is 1. The average molecular weight is 551 g/mol. The van der Waals surface area contributed by atoms with Gasteiger partial charge in [-0.3, -0.25) is 24.2 Å². The summed E-state index contributed by atoms with van der Waals surface area (Å²) >= 11 is 0. The van der Waals surface area contributed by atoms with E-state index in [0.29, 0.717) is 13.0 Å². The fraction of sp³-hybridized carbons (Fsp3) is 0.581. The molecule has 0 bridgehead atoms. The van der Waals surface area contributed by atoms with Gasteiger partial charge in [0.05, 0.1) is 12.5 Å². The van der Waals surface area contributed by atoms with Gasteiger partial charge in [-0.1, -0.05) is 25.5 Å². The molecular weight excluding hydrogens is 512 g/mol. The van der Waals surface area contributed by atoms with E-state index in [1.54, 1.807) is 36.7 Å². The topological polar surface area (TPSA) is 143 Å². The van der Waals surface area contributed by atoms with Gasteiger partial charge in [-0.2, -0.15) is 0 Å². The second-order valence-corrected chi connectivity index (χ2v) is 12.3. The van der Waals surface area contributed by atoms with Gasteiger partial charge in [-0.25, -0.2) is 0 Å². The van der Waals surface area contributed by atoms with Gasteiger partial charge in [0.25, 0.3) is 0 Å². The summed E-state index contributed by atoms with van der Waals surface area (Å²) in [6.07, 6.45) is 10.1. The van der Waals surface area contributed by atoms with Crippen LogP contribution in [0.3, 0.4) is 0 Å². The Labute approximate surface area is 234 Å². The van der Waals surface area contributed by atoms with Crippen LogP contribution >= 0.6 is 0 Å². The molecule has 1 heterocycles. The number of carbonyl (C=O) groups is 4. The van der Waals surface area contributed by atoms with Crippen molar-refractivity contribution in [3.8, 4) is 0 Å². The van der Waals surface area contributed by atoms with Crippen molar-refractivity contribution in [2.75, 3.05) is 6.61 Å². The van der Waals surface area contributed by atoms with Crippen LogP contribution in [0.4, 0.5) is 0 Å². The van der Waals surface area contributed by atoms with Gasteiger partial charge >= 0.3 is 5.97 Å². The number of fused-ring (bicyclic) bond motifs is 5. The molecule has 3 saturated carbocycles. The monoisotopic (exact) mass is 550 g/mol. The standard InChI is InChI=1S/C31H38N2O7/c1-29-11-7-21(34)15-20(29)3-4-22-23-8-12-31(39,30(23,2)16-24(35)28(22)29)25(36)18-40-27(38)6-5-26(37)33-17-19-9-13-32-14-10-19/h7,9-11,13-15,22-24,28,35,39H,3-6,8,12,16-18H2,1-2H3,(H,33,37)/t22-,23-,24+,28+,29-,30-,31-/m0/s1. The van der Waals surface area contributed by atoms with Crippen LogP contribution in [0.1, 0.15) is 64.4 Å². The number of carbonyl (C=O) groups excluding carboxylic acids is 4. The number of hydrogen-bond acceptors (Lipinski definition) is 8. The molecule has 40 heavy (non-hydrogen) atoms. The molecule has 0 unspecified atom stereocenters. The summed E-state index contributed by atoms with van der Waals surface area (Å²) in [7, 11) is 0. The predicted molar refractivity (Wildman–Crippen MR) is 144 cm³/mol. The van der Waals surface area contributed by atoms with Crippen LogP contribution in [0.15, 0.2) is 48.3 Å². The highest BCUT2D eigenvalue weighted by molar-refractivity contribution is 6.01. The van der Waals surface area contributed by atoms with Gasteiger partial charge in [0.2, 0.25) is 11.7 Å². The summed E-state index contributed by atoms with van der Waals surface area (Å²) in [6, 6.07) is 3.56. The van der Waals surface area contributed by atoms with Crippen LogP contribution in [-0.4, -0.2) is 57.0 Å². The number of nitrogens with one attached hydrogen (secondary N) is 1. The second-order valence-electron chi connectivity index (χ2n) is 12.3. The summed E-state index contributed by atoms with van der Waals surface area (Å²) < 4.78 is 5.20. The summed E-state index contributed by atoms with van der Waals surface area (Å²) in [6.45, 7) is 3.71. The molecule has 3 N–H and O–H groups in total. The molecule has 1 amide bonds. The summed E-state index contributed by atoms with van der Waals surface area (Å²) in [4.78, 5) is 53.7. The van der Waals surface area contributed by atoms with E-state index in [1.807, 2.05) is 13.0 Å². The molecule has 0 radical (unpaired) electrons. The van der Waals surface area contributed by atoms with Gasteiger partial charge in [0.1, 0.15) is 5.60 Å². The van der Waals surface area contributed by atoms with Crippen LogP contribution in [0, 0.1) is 28.6 Å². The Morgan fingerprint density at radius 3 is 2.65 bits per heavy atom. The maximum atomic E-state index is 13.4. The zero-order valence-electron chi connectivity index (χ0n) is 23.1. The summed E-state index contributed by atoms with van der Waals surface area (Å²) in [5, 5.41) is 26.0. The lowest BCUT2D eigenvalue weighted by molar-refractivity contribution is -0.181. The number of aliphatic hydroxyl groups excluding tert-OH is 1. The van der Waals surface area contributed by atoms with E-state index in [4.69, 9.17) is 4.74 Å². The SMILES string of the molecule is C[C@]12C=CC(=O)C=C1CC[C@@H]1[C@@H]2[C@H](O)C[C@@]2(C)[C@H]1CC[C@]2(O)C(=O)COC(=O)CCC(=O)NCc1ccncc1. The highest BCUT2D eigenvalue weighted by atomic mass is 16.5. The molecule has 7 atom stereocenters. The minimum Gasteiger partial charge on any atom is -0.458 e. The molecule has 0 saturated heterocycles. The molecule has 3 fully saturated rings. The number of Topliss-reactive ketones (excluding diaryl/α,β-unsaturated/α-hetero) is 1. The molecule has 9 heteroatoms. The first-order valence-electron chi connectivity index (χ1n) is 14.2. The van der Waals surface area contributed by atoms with Crippen molar-refractivity contribution in [3.05, 3.63) is 53.9 Å². The van der Waals surface area contributed by atoms with Gasteiger partial charge in [0.15, 0.2) is 12.4 Å². The third-order valence-corrected chi connectivity index (χ3v) is 10.3. The van der Waals surface area contributed by atoms with E-state index < -0.39 is 40.9 Å². The lowest BCUT2D eigenvalue weighted by Gasteiger charge is -2.59. The Balaban J connectivity index is 1.18. The Kier molecular flexibility index (Phi) is 7.56. The molecule has 0 aliphatic heterocycles. The first kappa shape index (κ1) is 28.4. The number of aromatic nitrogens is 1. The molecule has 214 valence electrons. The van der Waals surface area contributed by atoms with Crippen molar-refractivity contribution in [2.45, 2.75) is 77.0 Å². The minimum absolute atomic E-state index is 0.0130. The van der Waals surface area contributed by atoms with Crippen molar-refractivity contribution in [1.29, 1.82) is 0 Å². The number of rotatable bonds is 8. The number of ketones is 2. The normalized spacial score (nSPS) is 36.1. The van der Waals surface area contributed by atoms with E-state index in [0.717, 1.165) is 24.0 Å². The molecule has 4 aliphatic rings. The molecule has 0 spiro atoms. The van der Waals surface area contributed by atoms with Gasteiger partial charge < -0.3 is 20.3 Å². The molecule has 5 rings (SSSR count). The molecule has 0 aromatic carbocycles. The third kappa shape index (κ3) is 4.83. The van der Waals surface area contributed by atoms with Crippen LogP contribution in [0.25, 0.3) is 0 Å². The molecular formula is C31H38N2O7. The highest BCUT2D eigenvalue weighted by Crippen LogP contribution is 2.67. The quantitative estimate of drug-likeness (QED) is 0.419. The lowest BCUT2D eigenvalue weighted by Crippen LogP contribution is -2.61. The largest absolute Gasteiger partial charge is 0.458 e. The third-order valence-electron chi connectivity index (χ3n) is 10.3. The van der Waals surface area contributed by atoms with E-state index in [2.05, 4.69) is 17.2 Å². The minimum atomic E-state index is -1.72. The zero-order valence-corrected chi connectivity index (χ0v) is 23.1. The number of amides is 1. The lowest BCUT2D eigenvalue weighted by atomic mass is 9.46. The smallest absolute Gasteiger partial charge is 0.306 e. The summed E-state index contributed by atoms with van der Waals surface area (Å²) in [5.41, 5.74) is -1.08. The number of hydrogen-bond donors (Lipinski definition) is 3. The highest BCUT2D eigenvalue weighted by Gasteiger charge is 2.68. The number of pyridine rings is 1. The van der Waals surface area contributed by atoms with Crippen molar-refractivity contribution in [2.24, 2.45) is 28.6 Å². The second kappa shape index (κ2) is 10.7. The van der Waals surface area contributed by atoms with Gasteiger partial charge in [-0.15, -0.1) is 0 Å². The summed E-state index contributed by atoms with van der Waals surface area (Å²) in [5.74, 6) is -1.59. The Morgan fingerprint density at radius 2 is 1.90 bits per heavy atom. The maximum absolute atomic E-state index is 13.4. The van der Waals surface area contributed by atoms with Gasteiger partial charge in [0, 0.05) is 42.1 Å². The Morgan fingerprint density at radius 1 is 1.15 bits per heavy atom. The van der Waals surface area contributed by atoms with Crippen LogP contribution in [0.2, 0.25) is 0 Å². The zero-order chi connectivity index (χ0) is 28.7.